The first-order valence-corrected chi connectivity index (χ1v) is 13.3. The number of carbonyl (C=O) groups excluding carboxylic acids is 1. The van der Waals surface area contributed by atoms with Crippen LogP contribution in [0.2, 0.25) is 0 Å². The molecule has 0 bridgehead atoms. The maximum Gasteiger partial charge on any atom is 0.257 e. The van der Waals surface area contributed by atoms with E-state index in [1.54, 1.807) is 7.11 Å². The molecule has 0 spiro atoms. The third-order valence-electron chi connectivity index (χ3n) is 7.55. The lowest BCUT2D eigenvalue weighted by molar-refractivity contribution is -0.110. The maximum absolute atomic E-state index is 13.5. The van der Waals surface area contributed by atoms with Crippen LogP contribution in [-0.2, 0) is 9.53 Å². The summed E-state index contributed by atoms with van der Waals surface area (Å²) in [5.74, 6) is 0.578. The van der Waals surface area contributed by atoms with Crippen LogP contribution in [-0.4, -0.2) is 60.2 Å². The van der Waals surface area contributed by atoms with Gasteiger partial charge in [-0.15, -0.1) is 0 Å². The molecule has 0 unspecified atom stereocenters. The molecule has 3 heterocycles. The van der Waals surface area contributed by atoms with Gasteiger partial charge in [0.1, 0.15) is 5.82 Å². The summed E-state index contributed by atoms with van der Waals surface area (Å²) >= 11 is 0. The van der Waals surface area contributed by atoms with Gasteiger partial charge in [-0.3, -0.25) is 4.79 Å². The second-order valence-corrected chi connectivity index (χ2v) is 10.2. The van der Waals surface area contributed by atoms with Gasteiger partial charge in [-0.1, -0.05) is 42.0 Å². The highest BCUT2D eigenvalue weighted by Gasteiger charge is 2.31. The Morgan fingerprint density at radius 1 is 1.08 bits per heavy atom. The first kappa shape index (κ1) is 24.4. The molecule has 1 fully saturated rings. The summed E-state index contributed by atoms with van der Waals surface area (Å²) in [5.41, 5.74) is 8.13. The van der Waals surface area contributed by atoms with Gasteiger partial charge in [-0.25, -0.2) is 4.98 Å². The van der Waals surface area contributed by atoms with Crippen LogP contribution in [0.1, 0.15) is 35.4 Å². The quantitative estimate of drug-likeness (QED) is 0.296. The summed E-state index contributed by atoms with van der Waals surface area (Å²) in [4.78, 5) is 24.3. The third kappa shape index (κ3) is 4.83. The number of carbonyl (C=O) groups is 1. The fraction of sp³-hybridized carbons (Fsp3) is 0.290. The van der Waals surface area contributed by atoms with E-state index in [4.69, 9.17) is 9.72 Å². The minimum absolute atomic E-state index is 0.111. The Morgan fingerprint density at radius 3 is 2.63 bits per heavy atom. The normalized spacial score (nSPS) is 17.5. The van der Waals surface area contributed by atoms with Crippen LogP contribution in [0.3, 0.4) is 0 Å². The number of para-hydroxylation sites is 2. The van der Waals surface area contributed by atoms with Gasteiger partial charge in [-0.2, -0.15) is 0 Å². The standard InChI is InChI=1S/C31H33N5O2/c1-20-7-9-21(10-8-20)28(30-33-26-5-3-4-6-27(26)34-30)29-24-19-23(11-12-25(24)35-31(29)37)32-22-13-15-36(16-14-22)17-18-38-2/h3-12,19,22,32H,13-18H2,1-2H3,(H,33,34)(H,35,37)/b29-28-. The van der Waals surface area contributed by atoms with E-state index in [0.29, 0.717) is 17.4 Å². The van der Waals surface area contributed by atoms with E-state index in [0.717, 1.165) is 78.2 Å². The zero-order chi connectivity index (χ0) is 26.1. The van der Waals surface area contributed by atoms with Crippen molar-refractivity contribution in [2.45, 2.75) is 25.8 Å². The predicted molar refractivity (Wildman–Crippen MR) is 153 cm³/mol. The van der Waals surface area contributed by atoms with Crippen LogP contribution in [0.5, 0.6) is 0 Å². The largest absolute Gasteiger partial charge is 0.383 e. The Balaban J connectivity index is 1.37. The molecule has 1 amide bonds. The van der Waals surface area contributed by atoms with Crippen molar-refractivity contribution in [3.8, 4) is 0 Å². The Morgan fingerprint density at radius 2 is 1.87 bits per heavy atom. The molecule has 7 heteroatoms. The number of nitrogens with one attached hydrogen (secondary N) is 3. The molecule has 1 aromatic heterocycles. The Bertz CT molecular complexity index is 1460. The van der Waals surface area contributed by atoms with Gasteiger partial charge in [0.05, 0.1) is 23.2 Å². The van der Waals surface area contributed by atoms with E-state index in [9.17, 15) is 4.79 Å². The highest BCUT2D eigenvalue weighted by atomic mass is 16.5. The van der Waals surface area contributed by atoms with Gasteiger partial charge in [0.2, 0.25) is 0 Å². The number of piperidine rings is 1. The van der Waals surface area contributed by atoms with Crippen LogP contribution in [0.4, 0.5) is 11.4 Å². The molecule has 0 saturated carbocycles. The maximum atomic E-state index is 13.5. The van der Waals surface area contributed by atoms with E-state index in [1.165, 1.54) is 5.56 Å². The summed E-state index contributed by atoms with van der Waals surface area (Å²) in [5, 5.41) is 6.81. The number of anilines is 2. The number of aromatic nitrogens is 2. The van der Waals surface area contributed by atoms with Crippen molar-refractivity contribution < 1.29 is 9.53 Å². The number of ether oxygens (including phenoxy) is 1. The first-order chi connectivity index (χ1) is 18.6. The van der Waals surface area contributed by atoms with Crippen molar-refractivity contribution in [2.75, 3.05) is 44.0 Å². The molecule has 0 radical (unpaired) electrons. The van der Waals surface area contributed by atoms with Crippen molar-refractivity contribution in [3.05, 3.63) is 89.2 Å². The second-order valence-electron chi connectivity index (χ2n) is 10.2. The van der Waals surface area contributed by atoms with E-state index >= 15 is 0 Å². The molecule has 0 aliphatic carbocycles. The van der Waals surface area contributed by atoms with Crippen LogP contribution in [0, 0.1) is 6.92 Å². The van der Waals surface area contributed by atoms with Gasteiger partial charge in [-0.05, 0) is 55.7 Å². The van der Waals surface area contributed by atoms with E-state index in [2.05, 4.69) is 63.8 Å². The zero-order valence-electron chi connectivity index (χ0n) is 21.9. The lowest BCUT2D eigenvalue weighted by Crippen LogP contribution is -2.40. The summed E-state index contributed by atoms with van der Waals surface area (Å²) < 4.78 is 5.23. The molecule has 2 aliphatic heterocycles. The van der Waals surface area contributed by atoms with Gasteiger partial charge in [0.15, 0.2) is 0 Å². The number of likely N-dealkylation sites (tertiary alicyclic amines) is 1. The third-order valence-corrected chi connectivity index (χ3v) is 7.55. The second kappa shape index (κ2) is 10.4. The zero-order valence-corrected chi connectivity index (χ0v) is 21.9. The predicted octanol–water partition coefficient (Wildman–Crippen LogP) is 5.31. The van der Waals surface area contributed by atoms with Crippen molar-refractivity contribution in [1.29, 1.82) is 0 Å². The average molecular weight is 508 g/mol. The topological polar surface area (TPSA) is 82.3 Å². The summed E-state index contributed by atoms with van der Waals surface area (Å²) in [6.07, 6.45) is 2.16. The summed E-state index contributed by atoms with van der Waals surface area (Å²) in [7, 11) is 1.75. The summed E-state index contributed by atoms with van der Waals surface area (Å²) in [6, 6.07) is 22.8. The Kier molecular flexibility index (Phi) is 6.70. The molecule has 2 aliphatic rings. The van der Waals surface area contributed by atoms with Gasteiger partial charge in [0.25, 0.3) is 5.91 Å². The Hall–Kier alpha value is -3.94. The lowest BCUT2D eigenvalue weighted by Gasteiger charge is -2.32. The number of nitrogens with zero attached hydrogens (tertiary/aromatic N) is 2. The monoisotopic (exact) mass is 507 g/mol. The van der Waals surface area contributed by atoms with Crippen molar-refractivity contribution in [3.63, 3.8) is 0 Å². The highest BCUT2D eigenvalue weighted by molar-refractivity contribution is 6.38. The number of rotatable bonds is 7. The van der Waals surface area contributed by atoms with Crippen LogP contribution in [0.15, 0.2) is 66.7 Å². The lowest BCUT2D eigenvalue weighted by atomic mass is 9.94. The molecule has 194 valence electrons. The van der Waals surface area contributed by atoms with Crippen LogP contribution in [0.25, 0.3) is 22.2 Å². The molecule has 1 saturated heterocycles. The number of aryl methyl sites for hydroxylation is 1. The number of hydrogen-bond donors (Lipinski definition) is 3. The van der Waals surface area contributed by atoms with Crippen LogP contribution >= 0.6 is 0 Å². The molecular formula is C31H33N5O2. The molecule has 38 heavy (non-hydrogen) atoms. The van der Waals surface area contributed by atoms with Gasteiger partial charge >= 0.3 is 0 Å². The summed E-state index contributed by atoms with van der Waals surface area (Å²) in [6.45, 7) is 5.93. The fourth-order valence-electron chi connectivity index (χ4n) is 5.45. The first-order valence-electron chi connectivity index (χ1n) is 13.3. The minimum atomic E-state index is -0.111. The molecular weight excluding hydrogens is 474 g/mol. The Labute approximate surface area is 222 Å². The smallest absolute Gasteiger partial charge is 0.257 e. The minimum Gasteiger partial charge on any atom is -0.383 e. The fourth-order valence-corrected chi connectivity index (χ4v) is 5.45. The average Bonchev–Trinajstić information content (AvgIpc) is 3.50. The van der Waals surface area contributed by atoms with E-state index in [-0.39, 0.29) is 5.91 Å². The van der Waals surface area contributed by atoms with Gasteiger partial charge < -0.3 is 25.3 Å². The number of methoxy groups -OCH3 is 1. The molecule has 4 aromatic rings. The van der Waals surface area contributed by atoms with Crippen molar-refractivity contribution in [1.82, 2.24) is 14.9 Å². The molecule has 3 aromatic carbocycles. The SMILES string of the molecule is COCCN1CCC(Nc2ccc3c(c2)/C(=C(\c2ccc(C)cc2)c2nc4ccccc4[nH]2)C(=O)N3)CC1. The number of imidazole rings is 1. The molecule has 3 N–H and O–H groups in total. The number of amides is 1. The van der Waals surface area contributed by atoms with Crippen molar-refractivity contribution in [2.24, 2.45) is 0 Å². The van der Waals surface area contributed by atoms with E-state index in [1.807, 2.05) is 30.3 Å². The van der Waals surface area contributed by atoms with Crippen molar-refractivity contribution >= 4 is 39.5 Å². The molecule has 7 nitrogen and oxygen atoms in total. The highest BCUT2D eigenvalue weighted by Crippen LogP contribution is 2.41. The van der Waals surface area contributed by atoms with Crippen LogP contribution < -0.4 is 10.6 Å². The molecule has 0 atom stereocenters. The number of H-pyrrole nitrogens is 1. The number of benzene rings is 3. The number of fused-ring (bicyclic) bond motifs is 2. The molecule has 6 rings (SSSR count). The van der Waals surface area contributed by atoms with E-state index < -0.39 is 0 Å². The number of hydrogen-bond acceptors (Lipinski definition) is 5. The number of aromatic amines is 1. The van der Waals surface area contributed by atoms with Gasteiger partial charge in [0, 0.05) is 55.3 Å².